The van der Waals surface area contributed by atoms with E-state index in [-0.39, 0.29) is 19.3 Å². The molecule has 5 unspecified atom stereocenters. The van der Waals surface area contributed by atoms with E-state index in [2.05, 4.69) is 81.5 Å². The highest BCUT2D eigenvalue weighted by molar-refractivity contribution is 7.47. The number of aliphatic hydroxyl groups is 2. The highest BCUT2D eigenvalue weighted by Gasteiger charge is 2.29. The van der Waals surface area contributed by atoms with Crippen LogP contribution in [0.1, 0.15) is 303 Å². The molecule has 0 bridgehead atoms. The standard InChI is InChI=1S/C69H126O16P2/c1-4-7-10-13-16-19-22-23-24-25-26-27-28-29-30-31-32-33-34-35-36-37-38-39-42-44-46-49-52-55-67(72)79-58-64(70)59-81-86(75,76)82-60-65(71)61-83-87(77,78)84-63-66(85-69(74)57-54-51-48-45-41-21-18-15-12-9-6-3)62-80-68(73)56-53-50-47-43-40-20-17-14-11-8-5-2/h14,16-17,19,23-24,26-27,29-30,64-66,70-71H,4-13,15,18,20-22,25,28,31-63H2,1-3H3,(H,75,76)(H,77,78)/b17-14-,19-16-,24-23-,27-26-,30-29-. The Labute approximate surface area is 529 Å². The lowest BCUT2D eigenvalue weighted by molar-refractivity contribution is -0.161. The van der Waals surface area contributed by atoms with Gasteiger partial charge in [-0.15, -0.1) is 0 Å². The van der Waals surface area contributed by atoms with Crippen molar-refractivity contribution in [2.24, 2.45) is 0 Å². The summed E-state index contributed by atoms with van der Waals surface area (Å²) in [5.41, 5.74) is 0. The summed E-state index contributed by atoms with van der Waals surface area (Å²) in [6.07, 6.45) is 64.5. The number of ether oxygens (including phenoxy) is 3. The molecule has 0 aliphatic carbocycles. The van der Waals surface area contributed by atoms with Crippen molar-refractivity contribution in [1.29, 1.82) is 0 Å². The Balaban J connectivity index is 4.34. The average Bonchev–Trinajstić information content (AvgIpc) is 3.56. The molecule has 18 heteroatoms. The summed E-state index contributed by atoms with van der Waals surface area (Å²) in [5, 5.41) is 20.5. The fourth-order valence-electron chi connectivity index (χ4n) is 9.36. The molecule has 0 saturated carbocycles. The summed E-state index contributed by atoms with van der Waals surface area (Å²) >= 11 is 0. The van der Waals surface area contributed by atoms with Crippen LogP contribution in [0.25, 0.3) is 0 Å². The molecule has 0 fully saturated rings. The van der Waals surface area contributed by atoms with Crippen LogP contribution in [0.5, 0.6) is 0 Å². The smallest absolute Gasteiger partial charge is 0.463 e. The lowest BCUT2D eigenvalue weighted by Crippen LogP contribution is -2.30. The molecule has 16 nitrogen and oxygen atoms in total. The van der Waals surface area contributed by atoms with Crippen molar-refractivity contribution in [3.63, 3.8) is 0 Å². The molecule has 0 spiro atoms. The van der Waals surface area contributed by atoms with Crippen molar-refractivity contribution in [3.8, 4) is 0 Å². The third-order valence-corrected chi connectivity index (χ3v) is 16.6. The summed E-state index contributed by atoms with van der Waals surface area (Å²) in [6, 6.07) is 0. The fourth-order valence-corrected chi connectivity index (χ4v) is 10.9. The summed E-state index contributed by atoms with van der Waals surface area (Å²) in [6.45, 7) is 2.60. The molecule has 0 aliphatic rings. The summed E-state index contributed by atoms with van der Waals surface area (Å²) in [7, 11) is -9.75. The largest absolute Gasteiger partial charge is 0.472 e. The number of unbranched alkanes of at least 4 members (excludes halogenated alkanes) is 33. The van der Waals surface area contributed by atoms with Gasteiger partial charge in [-0.2, -0.15) is 0 Å². The third-order valence-electron chi connectivity index (χ3n) is 14.7. The second kappa shape index (κ2) is 63.4. The predicted molar refractivity (Wildman–Crippen MR) is 353 cm³/mol. The Morgan fingerprint density at radius 1 is 0.322 bits per heavy atom. The molecule has 0 amide bonds. The van der Waals surface area contributed by atoms with Gasteiger partial charge in [0.2, 0.25) is 0 Å². The maximum Gasteiger partial charge on any atom is 0.472 e. The lowest BCUT2D eigenvalue weighted by Gasteiger charge is -2.21. The van der Waals surface area contributed by atoms with Gasteiger partial charge in [-0.25, -0.2) is 9.13 Å². The normalized spacial score (nSPS) is 14.6. The number of aliphatic hydroxyl groups excluding tert-OH is 2. The molecule has 0 heterocycles. The molecule has 508 valence electrons. The molecule has 0 aromatic heterocycles. The number of allylic oxidation sites excluding steroid dienone is 10. The summed E-state index contributed by atoms with van der Waals surface area (Å²) in [5.74, 6) is -1.57. The van der Waals surface area contributed by atoms with Crippen molar-refractivity contribution in [2.75, 3.05) is 39.6 Å². The Kier molecular flexibility index (Phi) is 61.4. The number of carbonyl (C=O) groups excluding carboxylic acids is 3. The minimum Gasteiger partial charge on any atom is -0.463 e. The zero-order valence-corrected chi connectivity index (χ0v) is 56.7. The summed E-state index contributed by atoms with van der Waals surface area (Å²) in [4.78, 5) is 58.1. The van der Waals surface area contributed by atoms with Crippen LogP contribution in [0.2, 0.25) is 0 Å². The van der Waals surface area contributed by atoms with Crippen molar-refractivity contribution < 1.29 is 75.8 Å². The van der Waals surface area contributed by atoms with Crippen LogP contribution >= 0.6 is 15.6 Å². The predicted octanol–water partition coefficient (Wildman–Crippen LogP) is 19.0. The van der Waals surface area contributed by atoms with Crippen molar-refractivity contribution in [3.05, 3.63) is 60.8 Å². The highest BCUT2D eigenvalue weighted by atomic mass is 31.2. The van der Waals surface area contributed by atoms with Gasteiger partial charge < -0.3 is 34.2 Å². The molecule has 0 rings (SSSR count). The van der Waals surface area contributed by atoms with E-state index in [9.17, 15) is 43.5 Å². The Morgan fingerprint density at radius 3 is 0.977 bits per heavy atom. The van der Waals surface area contributed by atoms with E-state index < -0.39 is 91.5 Å². The molecular formula is C69H126O16P2. The van der Waals surface area contributed by atoms with E-state index >= 15 is 0 Å². The minimum atomic E-state index is -4.91. The highest BCUT2D eigenvalue weighted by Crippen LogP contribution is 2.45. The number of phosphoric ester groups is 2. The molecule has 0 aliphatic heterocycles. The zero-order valence-electron chi connectivity index (χ0n) is 54.9. The number of carbonyl (C=O) groups is 3. The third kappa shape index (κ3) is 64.6. The first-order valence-corrected chi connectivity index (χ1v) is 37.6. The Morgan fingerprint density at radius 2 is 0.586 bits per heavy atom. The number of esters is 3. The number of rotatable bonds is 66. The van der Waals surface area contributed by atoms with Gasteiger partial charge in [0, 0.05) is 19.3 Å². The van der Waals surface area contributed by atoms with Gasteiger partial charge in [0.05, 0.1) is 26.4 Å². The molecule has 87 heavy (non-hydrogen) atoms. The average molecular weight is 1270 g/mol. The molecular weight excluding hydrogens is 1150 g/mol. The first-order chi connectivity index (χ1) is 42.2. The van der Waals surface area contributed by atoms with E-state index in [1.165, 1.54) is 135 Å². The first kappa shape index (κ1) is 84.2. The molecule has 0 saturated heterocycles. The van der Waals surface area contributed by atoms with Crippen molar-refractivity contribution in [1.82, 2.24) is 0 Å². The lowest BCUT2D eigenvalue weighted by atomic mass is 10.0. The Hall–Kier alpha value is -2.75. The van der Waals surface area contributed by atoms with Crippen LogP contribution in [0.3, 0.4) is 0 Å². The van der Waals surface area contributed by atoms with Gasteiger partial charge in [-0.05, 0) is 83.5 Å². The minimum absolute atomic E-state index is 0.109. The SMILES string of the molecule is CCCC/C=C\CCCCCCCC(=O)OCC(COP(=O)(O)OCC(O)COP(=O)(O)OCC(O)COC(=O)CCCCCCCCCCCCCCC/C=C\C/C=C\C/C=C\C/C=C\CCCCC)OC(=O)CCCCCCCCCCCCC. The van der Waals surface area contributed by atoms with Gasteiger partial charge in [-0.1, -0.05) is 261 Å². The van der Waals surface area contributed by atoms with E-state index in [1.807, 2.05) is 0 Å². The van der Waals surface area contributed by atoms with Gasteiger partial charge in [0.1, 0.15) is 25.4 Å². The van der Waals surface area contributed by atoms with Crippen LogP contribution in [0.4, 0.5) is 0 Å². The van der Waals surface area contributed by atoms with E-state index in [0.29, 0.717) is 19.3 Å². The second-order valence-electron chi connectivity index (χ2n) is 23.3. The van der Waals surface area contributed by atoms with Crippen LogP contribution in [0, 0.1) is 0 Å². The monoisotopic (exact) mass is 1270 g/mol. The van der Waals surface area contributed by atoms with Gasteiger partial charge in [0.25, 0.3) is 0 Å². The molecule has 0 radical (unpaired) electrons. The second-order valence-corrected chi connectivity index (χ2v) is 26.2. The van der Waals surface area contributed by atoms with Crippen molar-refractivity contribution in [2.45, 2.75) is 322 Å². The van der Waals surface area contributed by atoms with Crippen LogP contribution < -0.4 is 0 Å². The van der Waals surface area contributed by atoms with Crippen LogP contribution in [0.15, 0.2) is 60.8 Å². The van der Waals surface area contributed by atoms with E-state index in [1.54, 1.807) is 0 Å². The molecule has 0 aromatic rings. The number of hydrogen-bond donors (Lipinski definition) is 4. The van der Waals surface area contributed by atoms with Crippen LogP contribution in [-0.4, -0.2) is 95.9 Å². The molecule has 5 atom stereocenters. The van der Waals surface area contributed by atoms with Crippen LogP contribution in [-0.2, 0) is 55.8 Å². The summed E-state index contributed by atoms with van der Waals surface area (Å²) < 4.78 is 60.7. The maximum atomic E-state index is 12.8. The van der Waals surface area contributed by atoms with Gasteiger partial charge >= 0.3 is 33.6 Å². The quantitative estimate of drug-likeness (QED) is 0.0146. The fraction of sp³-hybridized carbons (Fsp3) is 0.812. The molecule has 0 aromatic carbocycles. The van der Waals surface area contributed by atoms with E-state index in [0.717, 1.165) is 109 Å². The number of phosphoric acid groups is 2. The zero-order chi connectivity index (χ0) is 63.8. The van der Waals surface area contributed by atoms with Gasteiger partial charge in [0.15, 0.2) is 6.10 Å². The Bertz CT molecular complexity index is 1840. The first-order valence-electron chi connectivity index (χ1n) is 34.6. The number of hydrogen-bond acceptors (Lipinski definition) is 14. The maximum absolute atomic E-state index is 12.8. The van der Waals surface area contributed by atoms with Crippen molar-refractivity contribution >= 4 is 33.6 Å². The topological polar surface area (TPSA) is 231 Å². The molecule has 4 N–H and O–H groups in total. The van der Waals surface area contributed by atoms with E-state index in [4.69, 9.17) is 32.3 Å². The van der Waals surface area contributed by atoms with Gasteiger partial charge in [-0.3, -0.25) is 32.5 Å².